The molecule has 0 spiro atoms. The van der Waals surface area contributed by atoms with Gasteiger partial charge in [0.25, 0.3) is 0 Å². The topological polar surface area (TPSA) is 140 Å². The molecule has 189 valence electrons. The molecule has 1 radical (unpaired) electrons. The number of carbonyl (C=O) groups excluding carboxylic acids is 3. The van der Waals surface area contributed by atoms with Crippen molar-refractivity contribution < 1.29 is 56.6 Å². The minimum atomic E-state index is -1.22. The van der Waals surface area contributed by atoms with Crippen LogP contribution in [-0.2, 0) is 53.5 Å². The van der Waals surface area contributed by atoms with Crippen LogP contribution in [0.2, 0.25) is 0 Å². The third-order valence-electron chi connectivity index (χ3n) is 5.00. The van der Waals surface area contributed by atoms with Gasteiger partial charge in [-0.25, -0.2) is 9.78 Å². The first kappa shape index (κ1) is 29.3. The Morgan fingerprint density at radius 2 is 1.94 bits per heavy atom. The van der Waals surface area contributed by atoms with Gasteiger partial charge in [-0.15, -0.1) is 0 Å². The number of aromatic amines is 1. The molecule has 1 aromatic carbocycles. The van der Waals surface area contributed by atoms with Crippen molar-refractivity contribution in [1.82, 2.24) is 20.2 Å². The monoisotopic (exact) mass is 568 g/mol. The molecule has 0 saturated heterocycles. The molecule has 10 nitrogen and oxygen atoms in total. The molecule has 0 aliphatic carbocycles. The van der Waals surface area contributed by atoms with Gasteiger partial charge in [-0.05, 0) is 56.6 Å². The number of aromatic nitrogens is 2. The molecule has 4 N–H and O–H groups in total. The van der Waals surface area contributed by atoms with Crippen LogP contribution in [0.3, 0.4) is 0 Å². The molecular weight excluding hydrogens is 539 g/mol. The zero-order valence-corrected chi connectivity index (χ0v) is 23.3. The second kappa shape index (κ2) is 12.3. The molecule has 36 heavy (non-hydrogen) atoms. The fraction of sp³-hybridized carbons (Fsp3) is 0.280. The second-order valence-electron chi connectivity index (χ2n) is 8.92. The maximum atomic E-state index is 13.2. The number of nitrogens with one attached hydrogen (secondary N) is 2. The Morgan fingerprint density at radius 1 is 1.22 bits per heavy atom. The molecule has 0 aliphatic rings. The van der Waals surface area contributed by atoms with E-state index in [1.807, 2.05) is 12.1 Å². The zero-order valence-electron chi connectivity index (χ0n) is 20.5. The standard InChI is InChI=1S/C25H29N5O5.Y/c1-15(22(26)31)30(5)23(32)20(29-24(33)35-25(2,3)4)12-16-14-28-19-10-9-17(13-18(16)19)34-21-8-6-7-11-27-21;/h6-11,13-15,20,28H,1,5,12H2,2-4H3,(H2,26,31)(H,29,33);/q-2;. The quantitative estimate of drug-likeness (QED) is 0.357. The SMILES string of the molecule is [CH2-]C(C(N)=O)N([CH2-])C(=O)C(Cc1c[nH]c2ccc(Oc3ccccn3)cc12)NC(=O)OC(C)(C)C.[Y]. The first-order chi connectivity index (χ1) is 16.4. The van der Waals surface area contributed by atoms with Crippen LogP contribution in [0.1, 0.15) is 26.3 Å². The predicted molar refractivity (Wildman–Crippen MR) is 130 cm³/mol. The zero-order chi connectivity index (χ0) is 25.8. The van der Waals surface area contributed by atoms with E-state index in [-0.39, 0.29) is 39.1 Å². The molecule has 0 bridgehead atoms. The third kappa shape index (κ3) is 7.76. The van der Waals surface area contributed by atoms with Gasteiger partial charge in [-0.3, -0.25) is 16.6 Å². The normalized spacial score (nSPS) is 12.7. The number of rotatable bonds is 8. The number of nitrogens with two attached hydrogens (primary N) is 1. The summed E-state index contributed by atoms with van der Waals surface area (Å²) >= 11 is 0. The number of benzene rings is 1. The van der Waals surface area contributed by atoms with Gasteiger partial charge in [0.1, 0.15) is 17.4 Å². The van der Waals surface area contributed by atoms with Crippen molar-refractivity contribution in [2.45, 2.75) is 44.9 Å². The number of ether oxygens (including phenoxy) is 2. The Hall–Kier alpha value is -2.98. The van der Waals surface area contributed by atoms with Gasteiger partial charge in [0.2, 0.25) is 17.7 Å². The number of amides is 3. The largest absolute Gasteiger partial charge is 0.508 e. The van der Waals surface area contributed by atoms with Crippen LogP contribution in [0.25, 0.3) is 10.9 Å². The van der Waals surface area contributed by atoms with Crippen LogP contribution >= 0.6 is 0 Å². The van der Waals surface area contributed by atoms with Crippen LogP contribution in [0.15, 0.2) is 48.8 Å². The minimum absolute atomic E-state index is 0. The predicted octanol–water partition coefficient (Wildman–Crippen LogP) is 3.10. The fourth-order valence-electron chi connectivity index (χ4n) is 3.30. The molecule has 0 fully saturated rings. The number of primary amides is 1. The van der Waals surface area contributed by atoms with Crippen LogP contribution in [-0.4, -0.2) is 50.5 Å². The summed E-state index contributed by atoms with van der Waals surface area (Å²) in [6.07, 6.45) is 2.64. The Bertz CT molecular complexity index is 1210. The van der Waals surface area contributed by atoms with Crippen molar-refractivity contribution in [3.8, 4) is 11.6 Å². The second-order valence-corrected chi connectivity index (χ2v) is 8.92. The van der Waals surface area contributed by atoms with Gasteiger partial charge < -0.3 is 37.3 Å². The van der Waals surface area contributed by atoms with E-state index in [4.69, 9.17) is 15.2 Å². The van der Waals surface area contributed by atoms with E-state index < -0.39 is 35.6 Å². The van der Waals surface area contributed by atoms with Crippen molar-refractivity contribution in [3.05, 3.63) is 68.3 Å². The van der Waals surface area contributed by atoms with Crippen LogP contribution in [0.5, 0.6) is 11.6 Å². The molecule has 2 heterocycles. The van der Waals surface area contributed by atoms with Gasteiger partial charge in [0, 0.05) is 68.5 Å². The van der Waals surface area contributed by atoms with Crippen molar-refractivity contribution >= 4 is 28.8 Å². The third-order valence-corrected chi connectivity index (χ3v) is 5.00. The summed E-state index contributed by atoms with van der Waals surface area (Å²) in [7, 11) is 3.61. The molecule has 0 saturated carbocycles. The molecular formula is C25H29N5O5Y-2. The van der Waals surface area contributed by atoms with E-state index in [1.165, 1.54) is 0 Å². The molecule has 2 atom stereocenters. The van der Waals surface area contributed by atoms with E-state index in [0.29, 0.717) is 17.2 Å². The number of pyridine rings is 1. The Balaban J connectivity index is 0.00000456. The van der Waals surface area contributed by atoms with E-state index >= 15 is 0 Å². The summed E-state index contributed by atoms with van der Waals surface area (Å²) in [5.74, 6) is -0.493. The number of hydrogen-bond donors (Lipinski definition) is 3. The summed E-state index contributed by atoms with van der Waals surface area (Å²) < 4.78 is 11.1. The molecule has 3 rings (SSSR count). The van der Waals surface area contributed by atoms with Crippen molar-refractivity contribution in [2.24, 2.45) is 5.73 Å². The molecule has 11 heteroatoms. The number of fused-ring (bicyclic) bond motifs is 1. The molecule has 3 amide bonds. The molecule has 0 aliphatic heterocycles. The maximum absolute atomic E-state index is 13.2. The van der Waals surface area contributed by atoms with Crippen LogP contribution in [0.4, 0.5) is 4.79 Å². The smallest absolute Gasteiger partial charge is 0.408 e. The summed E-state index contributed by atoms with van der Waals surface area (Å²) in [5.41, 5.74) is 6.02. The van der Waals surface area contributed by atoms with Crippen LogP contribution < -0.4 is 15.8 Å². The van der Waals surface area contributed by atoms with Crippen molar-refractivity contribution in [1.29, 1.82) is 0 Å². The average Bonchev–Trinajstić information content (AvgIpc) is 3.18. The van der Waals surface area contributed by atoms with E-state index in [1.54, 1.807) is 57.4 Å². The fourth-order valence-corrected chi connectivity index (χ4v) is 3.30. The number of nitrogens with zero attached hydrogens (tertiary/aromatic N) is 2. The Kier molecular flexibility index (Phi) is 10.0. The average molecular weight is 568 g/mol. The number of H-pyrrole nitrogens is 1. The minimum Gasteiger partial charge on any atom is -0.508 e. The summed E-state index contributed by atoms with van der Waals surface area (Å²) in [6.45, 7) is 8.70. The number of hydrogen-bond acceptors (Lipinski definition) is 6. The van der Waals surface area contributed by atoms with Gasteiger partial charge in [0.15, 0.2) is 0 Å². The summed E-state index contributed by atoms with van der Waals surface area (Å²) in [6, 6.07) is 8.44. The van der Waals surface area contributed by atoms with E-state index in [0.717, 1.165) is 15.8 Å². The Labute approximate surface area is 235 Å². The van der Waals surface area contributed by atoms with Gasteiger partial charge in [-0.2, -0.15) is 0 Å². The van der Waals surface area contributed by atoms with E-state index in [9.17, 15) is 14.4 Å². The first-order valence-corrected chi connectivity index (χ1v) is 10.9. The molecule has 2 aromatic heterocycles. The summed E-state index contributed by atoms with van der Waals surface area (Å²) in [4.78, 5) is 45.3. The summed E-state index contributed by atoms with van der Waals surface area (Å²) in [5, 5.41) is 3.35. The number of alkyl carbamates (subject to hydrolysis) is 1. The van der Waals surface area contributed by atoms with Crippen molar-refractivity contribution in [2.75, 3.05) is 0 Å². The van der Waals surface area contributed by atoms with Gasteiger partial charge in [0.05, 0.1) is 0 Å². The van der Waals surface area contributed by atoms with Crippen LogP contribution in [0, 0.1) is 14.0 Å². The van der Waals surface area contributed by atoms with Crippen molar-refractivity contribution in [3.63, 3.8) is 0 Å². The molecule has 2 unspecified atom stereocenters. The first-order valence-electron chi connectivity index (χ1n) is 10.9. The Morgan fingerprint density at radius 3 is 2.56 bits per heavy atom. The van der Waals surface area contributed by atoms with Gasteiger partial charge in [-0.1, -0.05) is 6.07 Å². The number of carbonyl (C=O) groups is 3. The molecule has 3 aromatic rings. The van der Waals surface area contributed by atoms with Gasteiger partial charge >= 0.3 is 6.09 Å². The van der Waals surface area contributed by atoms with E-state index in [2.05, 4.69) is 29.3 Å². The maximum Gasteiger partial charge on any atom is 0.408 e.